The molecule has 7 atom stereocenters. The quantitative estimate of drug-likeness (QED) is 0.0931. The van der Waals surface area contributed by atoms with Crippen molar-refractivity contribution in [1.82, 2.24) is 40.4 Å². The molecule has 5 aromatic rings. The van der Waals surface area contributed by atoms with E-state index in [1.807, 2.05) is 43.0 Å². The van der Waals surface area contributed by atoms with Crippen LogP contribution in [0.4, 0.5) is 18.4 Å². The summed E-state index contributed by atoms with van der Waals surface area (Å²) in [6, 6.07) is 15.4. The van der Waals surface area contributed by atoms with Gasteiger partial charge in [0, 0.05) is 29.8 Å². The number of methoxy groups -OCH3 is 2. The van der Waals surface area contributed by atoms with Crippen molar-refractivity contribution in [3.05, 3.63) is 83.6 Å². The first-order valence-corrected chi connectivity index (χ1v) is 25.5. The molecule has 3 aliphatic carbocycles. The highest BCUT2D eigenvalue weighted by Crippen LogP contribution is 2.67. The predicted octanol–water partition coefficient (Wildman–Crippen LogP) is 10.2. The molecule has 0 bridgehead atoms. The van der Waals surface area contributed by atoms with Crippen LogP contribution in [0.15, 0.2) is 60.8 Å². The summed E-state index contributed by atoms with van der Waals surface area (Å²) in [6.07, 6.45) is 9.80. The zero-order valence-corrected chi connectivity index (χ0v) is 41.7. The molecule has 1 spiro atoms. The number of amides is 4. The monoisotopic (exact) mass is 983 g/mol. The number of halogens is 2. The van der Waals surface area contributed by atoms with Gasteiger partial charge in [-0.1, -0.05) is 96.6 Å². The van der Waals surface area contributed by atoms with Gasteiger partial charge in [-0.3, -0.25) is 9.59 Å². The van der Waals surface area contributed by atoms with Crippen LogP contribution in [0.1, 0.15) is 120 Å². The van der Waals surface area contributed by atoms with Crippen molar-refractivity contribution in [2.45, 2.75) is 116 Å². The standard InChI is InChI=1S/C55H63F2N9O6/c1-29(2)46(63-52(69)71-5)50(67)65-27-31(25-58)19-44(65)48-59-26-43(62-48)35-14-17-37-36-16-13-33(20-38(36)55(56,57)39(37)21-35)34-15-18-41-42(22-34)61-49(60-41)45-24-54(23-40(54)32-11-9-7-8-10-12-32)28-66(45)51(68)47(30(3)4)64-53(70)72-6/h13-18,20-22,26,29-32,40,44-47H,7-12,19,23-24,27-28H2,1-6H3,(H,59,62)(H,60,61)(H,63,69)(H,64,70)/t31-,40?,44+,45+,46+,47+,54?/m1/s1. The zero-order chi connectivity index (χ0) is 50.8. The maximum atomic E-state index is 16.8. The van der Waals surface area contributed by atoms with Crippen LogP contribution in [0.2, 0.25) is 0 Å². The SMILES string of the molecule is COC(=O)N[C@H](C(=O)N1C[C@@H](C#N)C[C@H]1c1ncc(-c2ccc3c(c2)C(F)(F)c2cc(-c4ccc5nc([C@@H]6CC7(CC7C7CCCCCC7)CN6C(=O)[C@@H](NC(=O)OC)C(C)C)[nH]c5c4)ccc2-3)[nH]1)C(C)C. The van der Waals surface area contributed by atoms with Crippen molar-refractivity contribution in [2.24, 2.45) is 35.0 Å². The molecule has 5 aliphatic rings. The molecule has 2 aliphatic heterocycles. The predicted molar refractivity (Wildman–Crippen MR) is 265 cm³/mol. The van der Waals surface area contributed by atoms with E-state index in [1.54, 1.807) is 49.2 Å². The lowest BCUT2D eigenvalue weighted by Crippen LogP contribution is -2.51. The minimum Gasteiger partial charge on any atom is -0.453 e. The number of carbonyl (C=O) groups excluding carboxylic acids is 4. The number of fused-ring (bicyclic) bond motifs is 4. The van der Waals surface area contributed by atoms with E-state index in [1.165, 1.54) is 58.8 Å². The molecule has 72 heavy (non-hydrogen) atoms. The summed E-state index contributed by atoms with van der Waals surface area (Å²) >= 11 is 0. The molecule has 15 nitrogen and oxygen atoms in total. The third kappa shape index (κ3) is 8.74. The highest BCUT2D eigenvalue weighted by Gasteiger charge is 2.63. The van der Waals surface area contributed by atoms with E-state index in [4.69, 9.17) is 14.5 Å². The highest BCUT2D eigenvalue weighted by molar-refractivity contribution is 5.89. The molecule has 10 rings (SSSR count). The first-order valence-electron chi connectivity index (χ1n) is 25.5. The number of benzene rings is 3. The Bertz CT molecular complexity index is 2970. The third-order valence-electron chi connectivity index (χ3n) is 16.4. The summed E-state index contributed by atoms with van der Waals surface area (Å²) in [5.41, 5.74) is 4.33. The number of rotatable bonds is 11. The lowest BCUT2D eigenvalue weighted by Gasteiger charge is -2.30. The van der Waals surface area contributed by atoms with Crippen LogP contribution in [-0.2, 0) is 25.0 Å². The van der Waals surface area contributed by atoms with E-state index in [0.29, 0.717) is 69.9 Å². The molecule has 2 saturated heterocycles. The van der Waals surface area contributed by atoms with E-state index in [-0.39, 0.29) is 52.8 Å². The summed E-state index contributed by atoms with van der Waals surface area (Å²) in [5.74, 6) is -2.53. The molecule has 17 heteroatoms. The number of nitrogens with one attached hydrogen (secondary N) is 4. The topological polar surface area (TPSA) is 198 Å². The van der Waals surface area contributed by atoms with E-state index in [9.17, 15) is 24.4 Å². The molecule has 2 aromatic heterocycles. The van der Waals surface area contributed by atoms with Crippen molar-refractivity contribution >= 4 is 35.0 Å². The molecular formula is C55H63F2N9O6. The summed E-state index contributed by atoms with van der Waals surface area (Å²) in [5, 5.41) is 15.3. The molecule has 3 aromatic carbocycles. The molecule has 4 amide bonds. The Balaban J connectivity index is 0.901. The first kappa shape index (κ1) is 48.8. The van der Waals surface area contributed by atoms with E-state index in [2.05, 4.69) is 31.7 Å². The number of alkyl halides is 2. The molecule has 2 saturated carbocycles. The Morgan fingerprint density at radius 2 is 1.36 bits per heavy atom. The van der Waals surface area contributed by atoms with Gasteiger partial charge in [-0.2, -0.15) is 14.0 Å². The van der Waals surface area contributed by atoms with Crippen molar-refractivity contribution in [1.29, 1.82) is 5.26 Å². The van der Waals surface area contributed by atoms with Crippen LogP contribution < -0.4 is 10.6 Å². The molecule has 378 valence electrons. The van der Waals surface area contributed by atoms with Gasteiger partial charge in [-0.25, -0.2) is 19.6 Å². The van der Waals surface area contributed by atoms with Crippen LogP contribution in [0.5, 0.6) is 0 Å². The number of imidazole rings is 2. The fourth-order valence-electron chi connectivity index (χ4n) is 12.4. The second kappa shape index (κ2) is 19.0. The number of ether oxygens (including phenoxy) is 2. The lowest BCUT2D eigenvalue weighted by molar-refractivity contribution is -0.136. The van der Waals surface area contributed by atoms with Crippen LogP contribution >= 0.6 is 0 Å². The maximum absolute atomic E-state index is 16.8. The van der Waals surface area contributed by atoms with Gasteiger partial charge in [0.05, 0.1) is 61.2 Å². The second-order valence-electron chi connectivity index (χ2n) is 21.5. The Hall–Kier alpha value is -6.83. The van der Waals surface area contributed by atoms with Crippen molar-refractivity contribution in [2.75, 3.05) is 27.3 Å². The van der Waals surface area contributed by atoms with Crippen LogP contribution in [0.25, 0.3) is 44.5 Å². The molecule has 0 radical (unpaired) electrons. The van der Waals surface area contributed by atoms with E-state index < -0.39 is 42.2 Å². The third-order valence-corrected chi connectivity index (χ3v) is 16.4. The molecule has 4 heterocycles. The fraction of sp³-hybridized carbons (Fsp3) is 0.509. The Morgan fingerprint density at radius 1 is 0.764 bits per heavy atom. The number of H-pyrrole nitrogens is 2. The van der Waals surface area contributed by atoms with Gasteiger partial charge in [0.1, 0.15) is 23.7 Å². The minimum absolute atomic E-state index is 0.00651. The first-order chi connectivity index (χ1) is 34.5. The minimum atomic E-state index is -3.33. The van der Waals surface area contributed by atoms with E-state index >= 15 is 8.78 Å². The number of hydrogen-bond acceptors (Lipinski definition) is 9. The number of aromatic nitrogens is 4. The molecular weight excluding hydrogens is 921 g/mol. The summed E-state index contributed by atoms with van der Waals surface area (Å²) in [6.45, 7) is 8.18. The molecule has 4 N–H and O–H groups in total. The highest BCUT2D eigenvalue weighted by atomic mass is 19.3. The summed E-state index contributed by atoms with van der Waals surface area (Å²) in [7, 11) is 2.51. The van der Waals surface area contributed by atoms with Gasteiger partial charge in [-0.15, -0.1) is 0 Å². The van der Waals surface area contributed by atoms with Gasteiger partial charge < -0.3 is 39.9 Å². The molecule has 2 unspecified atom stereocenters. The fourth-order valence-corrected chi connectivity index (χ4v) is 12.4. The normalized spacial score (nSPS) is 24.2. The zero-order valence-electron chi connectivity index (χ0n) is 41.7. The Labute approximate surface area is 417 Å². The number of aromatic amines is 2. The van der Waals surface area contributed by atoms with Crippen molar-refractivity contribution in [3.8, 4) is 39.6 Å². The number of alkyl carbamates (subject to hydrolysis) is 2. The maximum Gasteiger partial charge on any atom is 0.407 e. The van der Waals surface area contributed by atoms with Crippen LogP contribution in [0, 0.1) is 46.3 Å². The summed E-state index contributed by atoms with van der Waals surface area (Å²) < 4.78 is 43.3. The second-order valence-corrected chi connectivity index (χ2v) is 21.5. The van der Waals surface area contributed by atoms with Crippen LogP contribution in [0.3, 0.4) is 0 Å². The van der Waals surface area contributed by atoms with Gasteiger partial charge >= 0.3 is 12.2 Å². The summed E-state index contributed by atoms with van der Waals surface area (Å²) in [4.78, 5) is 72.9. The lowest BCUT2D eigenvalue weighted by atomic mass is 9.88. The van der Waals surface area contributed by atoms with Crippen LogP contribution in [-0.4, -0.2) is 93.1 Å². The smallest absolute Gasteiger partial charge is 0.407 e. The number of nitriles is 1. The number of nitrogens with zero attached hydrogens (tertiary/aromatic N) is 5. The van der Waals surface area contributed by atoms with Gasteiger partial charge in [0.25, 0.3) is 5.92 Å². The van der Waals surface area contributed by atoms with Crippen molar-refractivity contribution < 1.29 is 37.4 Å². The number of carbonyl (C=O) groups is 4. The number of hydrogen-bond donors (Lipinski definition) is 4. The van der Waals surface area contributed by atoms with Gasteiger partial charge in [0.15, 0.2) is 0 Å². The largest absolute Gasteiger partial charge is 0.453 e. The Morgan fingerprint density at radius 3 is 1.99 bits per heavy atom. The molecule has 4 fully saturated rings. The Kier molecular flexibility index (Phi) is 12.9. The average Bonchev–Trinajstić information content (AvgIpc) is 3.89. The van der Waals surface area contributed by atoms with Crippen molar-refractivity contribution in [3.63, 3.8) is 0 Å². The van der Waals surface area contributed by atoms with Gasteiger partial charge in [-0.05, 0) is 94.9 Å². The average molecular weight is 984 g/mol. The number of likely N-dealkylation sites (tertiary alicyclic amines) is 2. The van der Waals surface area contributed by atoms with E-state index in [0.717, 1.165) is 23.9 Å². The van der Waals surface area contributed by atoms with Gasteiger partial charge in [0.2, 0.25) is 11.8 Å².